The highest BCUT2D eigenvalue weighted by molar-refractivity contribution is 5.51. The number of nitrogens with one attached hydrogen (secondary N) is 1. The minimum Gasteiger partial charge on any atom is -0.493 e. The van der Waals surface area contributed by atoms with Crippen molar-refractivity contribution in [3.63, 3.8) is 0 Å². The molecule has 6 heteroatoms. The maximum Gasteiger partial charge on any atom is 0.161 e. The zero-order valence-electron chi connectivity index (χ0n) is 15.0. The molecule has 4 rings (SSSR count). The van der Waals surface area contributed by atoms with Gasteiger partial charge in [0, 0.05) is 37.4 Å². The minimum absolute atomic E-state index is 0.107. The molecule has 1 N–H and O–H groups in total. The number of aromatic nitrogens is 3. The highest BCUT2D eigenvalue weighted by Crippen LogP contribution is 2.41. The fourth-order valence-corrected chi connectivity index (χ4v) is 3.69. The number of hydrogen-bond donors (Lipinski definition) is 1. The number of methoxy groups -OCH3 is 2. The Morgan fingerprint density at radius 2 is 2.00 bits per heavy atom. The Morgan fingerprint density at radius 3 is 2.69 bits per heavy atom. The van der Waals surface area contributed by atoms with Crippen LogP contribution in [0.5, 0.6) is 11.5 Å². The number of hydrogen-bond acceptors (Lipinski definition) is 5. The van der Waals surface area contributed by atoms with Gasteiger partial charge in [-0.05, 0) is 41.3 Å². The predicted molar refractivity (Wildman–Crippen MR) is 98.3 cm³/mol. The number of benzene rings is 1. The van der Waals surface area contributed by atoms with Gasteiger partial charge in [0.1, 0.15) is 0 Å². The van der Waals surface area contributed by atoms with Crippen LogP contribution in [0.4, 0.5) is 0 Å². The number of rotatable bonds is 5. The summed E-state index contributed by atoms with van der Waals surface area (Å²) in [7, 11) is 3.35. The Morgan fingerprint density at radius 1 is 1.15 bits per heavy atom. The average Bonchev–Trinajstić information content (AvgIpc) is 3.20. The van der Waals surface area contributed by atoms with E-state index >= 15 is 0 Å². The van der Waals surface area contributed by atoms with Crippen molar-refractivity contribution >= 4 is 0 Å². The number of nitrogens with zero attached hydrogens (tertiary/aromatic N) is 3. The molecular weight excluding hydrogens is 328 g/mol. The van der Waals surface area contributed by atoms with Crippen LogP contribution in [-0.4, -0.2) is 40.6 Å². The summed E-state index contributed by atoms with van der Waals surface area (Å²) in [6.07, 6.45) is 8.31. The molecule has 0 fully saturated rings. The zero-order chi connectivity index (χ0) is 17.9. The molecule has 0 aliphatic carbocycles. The quantitative estimate of drug-likeness (QED) is 0.766. The van der Waals surface area contributed by atoms with Gasteiger partial charge in [0.05, 0.1) is 26.6 Å². The second kappa shape index (κ2) is 7.17. The third-order valence-electron chi connectivity index (χ3n) is 4.90. The summed E-state index contributed by atoms with van der Waals surface area (Å²) in [4.78, 5) is 14.1. The van der Waals surface area contributed by atoms with Crippen LogP contribution >= 0.6 is 0 Å². The second-order valence-electron chi connectivity index (χ2n) is 6.39. The maximum absolute atomic E-state index is 5.55. The Labute approximate surface area is 152 Å². The first-order chi connectivity index (χ1) is 12.8. The summed E-state index contributed by atoms with van der Waals surface area (Å²) < 4.78 is 11.0. The topological polar surface area (TPSA) is 63.3 Å². The Bertz CT molecular complexity index is 865. The molecule has 1 aliphatic heterocycles. The van der Waals surface area contributed by atoms with Gasteiger partial charge in [-0.25, -0.2) is 4.98 Å². The smallest absolute Gasteiger partial charge is 0.161 e. The van der Waals surface area contributed by atoms with E-state index in [2.05, 4.69) is 38.1 Å². The van der Waals surface area contributed by atoms with Crippen molar-refractivity contribution < 1.29 is 9.47 Å². The van der Waals surface area contributed by atoms with Crippen LogP contribution in [0.15, 0.2) is 49.2 Å². The Kier molecular flexibility index (Phi) is 4.58. The van der Waals surface area contributed by atoms with Gasteiger partial charge in [0.2, 0.25) is 0 Å². The number of aromatic amines is 1. The summed E-state index contributed by atoms with van der Waals surface area (Å²) in [5.41, 5.74) is 4.79. The fourth-order valence-electron chi connectivity index (χ4n) is 3.69. The standard InChI is InChI=1S/C20H22N4O2/c1-25-18-8-14-5-7-24(12-16-11-22-13-23-16)20(15-4-3-6-21-10-15)17(14)9-19(18)26-2/h3-4,6,8-11,13,20H,5,7,12H2,1-2H3,(H,22,23). The average molecular weight is 350 g/mol. The van der Waals surface area contributed by atoms with Crippen molar-refractivity contribution in [1.82, 2.24) is 19.9 Å². The van der Waals surface area contributed by atoms with Crippen LogP contribution in [-0.2, 0) is 13.0 Å². The summed E-state index contributed by atoms with van der Waals surface area (Å²) in [6, 6.07) is 8.42. The maximum atomic E-state index is 5.55. The van der Waals surface area contributed by atoms with E-state index in [0.29, 0.717) is 0 Å². The first-order valence-corrected chi connectivity index (χ1v) is 8.66. The third-order valence-corrected chi connectivity index (χ3v) is 4.90. The number of ether oxygens (including phenoxy) is 2. The van der Waals surface area contributed by atoms with E-state index in [9.17, 15) is 0 Å². The van der Waals surface area contributed by atoms with E-state index in [0.717, 1.165) is 36.7 Å². The monoisotopic (exact) mass is 350 g/mol. The molecule has 1 aliphatic rings. The lowest BCUT2D eigenvalue weighted by atomic mass is 9.88. The second-order valence-corrected chi connectivity index (χ2v) is 6.39. The highest BCUT2D eigenvalue weighted by atomic mass is 16.5. The van der Waals surface area contributed by atoms with Crippen LogP contribution in [0.25, 0.3) is 0 Å². The summed E-state index contributed by atoms with van der Waals surface area (Å²) >= 11 is 0. The SMILES string of the molecule is COc1cc2c(cc1OC)C(c1cccnc1)N(Cc1cnc[nH]1)CC2. The van der Waals surface area contributed by atoms with Crippen LogP contribution in [0.1, 0.15) is 28.4 Å². The number of H-pyrrole nitrogens is 1. The molecule has 0 amide bonds. The first kappa shape index (κ1) is 16.6. The number of pyridine rings is 1. The minimum atomic E-state index is 0.107. The first-order valence-electron chi connectivity index (χ1n) is 8.66. The molecule has 3 aromatic rings. The molecular formula is C20H22N4O2. The van der Waals surface area contributed by atoms with Crippen LogP contribution in [0.2, 0.25) is 0 Å². The van der Waals surface area contributed by atoms with E-state index in [1.165, 1.54) is 16.7 Å². The van der Waals surface area contributed by atoms with Crippen LogP contribution in [0, 0.1) is 0 Å². The van der Waals surface area contributed by atoms with Gasteiger partial charge in [0.15, 0.2) is 11.5 Å². The summed E-state index contributed by atoms with van der Waals surface area (Å²) in [5.74, 6) is 1.53. The molecule has 0 radical (unpaired) electrons. The van der Waals surface area contributed by atoms with Gasteiger partial charge < -0.3 is 14.5 Å². The van der Waals surface area contributed by atoms with Gasteiger partial charge in [-0.2, -0.15) is 0 Å². The van der Waals surface area contributed by atoms with E-state index < -0.39 is 0 Å². The molecule has 134 valence electrons. The molecule has 1 atom stereocenters. The normalized spacial score (nSPS) is 16.9. The summed E-state index contributed by atoms with van der Waals surface area (Å²) in [5, 5.41) is 0. The Balaban J connectivity index is 1.80. The van der Waals surface area contributed by atoms with E-state index in [4.69, 9.17) is 9.47 Å². The largest absolute Gasteiger partial charge is 0.493 e. The Hall–Kier alpha value is -2.86. The summed E-state index contributed by atoms with van der Waals surface area (Å²) in [6.45, 7) is 1.74. The van der Waals surface area contributed by atoms with Gasteiger partial charge >= 0.3 is 0 Å². The van der Waals surface area contributed by atoms with Crippen LogP contribution < -0.4 is 9.47 Å². The van der Waals surface area contributed by atoms with Crippen molar-refractivity contribution in [2.75, 3.05) is 20.8 Å². The highest BCUT2D eigenvalue weighted by Gasteiger charge is 2.30. The molecule has 6 nitrogen and oxygen atoms in total. The number of imidazole rings is 1. The molecule has 2 aromatic heterocycles. The molecule has 0 saturated carbocycles. The third kappa shape index (κ3) is 3.04. The van der Waals surface area contributed by atoms with Crippen molar-refractivity contribution in [2.24, 2.45) is 0 Å². The van der Waals surface area contributed by atoms with Gasteiger partial charge in [-0.3, -0.25) is 9.88 Å². The zero-order valence-corrected chi connectivity index (χ0v) is 15.0. The molecule has 1 unspecified atom stereocenters. The van der Waals surface area contributed by atoms with Gasteiger partial charge in [-0.1, -0.05) is 6.07 Å². The fraction of sp³-hybridized carbons (Fsp3) is 0.300. The van der Waals surface area contributed by atoms with Gasteiger partial charge in [0.25, 0.3) is 0 Å². The van der Waals surface area contributed by atoms with Crippen molar-refractivity contribution in [3.8, 4) is 11.5 Å². The number of fused-ring (bicyclic) bond motifs is 1. The van der Waals surface area contributed by atoms with E-state index in [1.54, 1.807) is 26.7 Å². The molecule has 0 spiro atoms. The molecule has 0 saturated heterocycles. The van der Waals surface area contributed by atoms with Gasteiger partial charge in [-0.15, -0.1) is 0 Å². The molecule has 3 heterocycles. The van der Waals surface area contributed by atoms with Crippen molar-refractivity contribution in [3.05, 3.63) is 71.6 Å². The van der Waals surface area contributed by atoms with Crippen molar-refractivity contribution in [2.45, 2.75) is 19.0 Å². The van der Waals surface area contributed by atoms with Crippen molar-refractivity contribution in [1.29, 1.82) is 0 Å². The van der Waals surface area contributed by atoms with E-state index in [1.807, 2.05) is 18.5 Å². The molecule has 1 aromatic carbocycles. The lowest BCUT2D eigenvalue weighted by molar-refractivity contribution is 0.201. The lowest BCUT2D eigenvalue weighted by Gasteiger charge is -2.37. The lowest BCUT2D eigenvalue weighted by Crippen LogP contribution is -2.36. The van der Waals surface area contributed by atoms with E-state index in [-0.39, 0.29) is 6.04 Å². The van der Waals surface area contributed by atoms with Crippen LogP contribution in [0.3, 0.4) is 0 Å². The molecule has 0 bridgehead atoms. The predicted octanol–water partition coefficient (Wildman–Crippen LogP) is 2.97. The molecule has 26 heavy (non-hydrogen) atoms.